The van der Waals surface area contributed by atoms with Crippen LogP contribution in [0.4, 0.5) is 9.52 Å². The van der Waals surface area contributed by atoms with Crippen LogP contribution in [0.25, 0.3) is 10.2 Å². The topological polar surface area (TPSA) is 70.6 Å². The largest absolute Gasteiger partial charge is 0.308 e. The molecule has 0 bridgehead atoms. The van der Waals surface area contributed by atoms with E-state index in [1.807, 2.05) is 19.0 Å². The van der Waals surface area contributed by atoms with Crippen molar-refractivity contribution in [3.63, 3.8) is 0 Å². The number of rotatable bonds is 8. The molecule has 1 aromatic heterocycles. The van der Waals surface area contributed by atoms with Gasteiger partial charge in [0.05, 0.1) is 20.9 Å². The molecule has 0 aliphatic rings. The van der Waals surface area contributed by atoms with Gasteiger partial charge in [-0.05, 0) is 56.6 Å². The Balaban J connectivity index is 0.00000341. The van der Waals surface area contributed by atoms with Crippen molar-refractivity contribution < 1.29 is 17.6 Å². The van der Waals surface area contributed by atoms with Crippen LogP contribution in [-0.4, -0.2) is 57.1 Å². The molecule has 3 aromatic rings. The van der Waals surface area contributed by atoms with Crippen molar-refractivity contribution in [2.45, 2.75) is 11.3 Å². The molecule has 0 atom stereocenters. The summed E-state index contributed by atoms with van der Waals surface area (Å²) in [5.74, 6) is -1.06. The van der Waals surface area contributed by atoms with E-state index in [0.29, 0.717) is 33.5 Å². The summed E-state index contributed by atoms with van der Waals surface area (Å²) in [6, 6.07) is 10.1. The highest BCUT2D eigenvalue weighted by atomic mass is 35.5. The number of aromatic nitrogens is 1. The number of nitrogens with zero attached hydrogens (tertiary/aromatic N) is 3. The maximum atomic E-state index is 13.5. The molecule has 0 radical (unpaired) electrons. The lowest BCUT2D eigenvalue weighted by Gasteiger charge is -2.22. The van der Waals surface area contributed by atoms with Gasteiger partial charge in [0.1, 0.15) is 5.82 Å². The Kier molecular flexibility index (Phi) is 8.79. The normalized spacial score (nSPS) is 11.5. The highest BCUT2D eigenvalue weighted by molar-refractivity contribution is 7.91. The molecular weight excluding hydrogens is 484 g/mol. The number of thiazole rings is 1. The molecule has 0 unspecified atom stereocenters. The first-order valence-corrected chi connectivity index (χ1v) is 12.0. The van der Waals surface area contributed by atoms with Gasteiger partial charge in [0, 0.05) is 24.5 Å². The Hall–Kier alpha value is -1.78. The van der Waals surface area contributed by atoms with Gasteiger partial charge in [-0.15, -0.1) is 12.4 Å². The van der Waals surface area contributed by atoms with Crippen LogP contribution in [0.1, 0.15) is 6.42 Å². The van der Waals surface area contributed by atoms with Gasteiger partial charge in [0.2, 0.25) is 5.91 Å². The molecule has 0 saturated carbocycles. The van der Waals surface area contributed by atoms with Crippen LogP contribution in [0.3, 0.4) is 0 Å². The second-order valence-electron chi connectivity index (χ2n) is 6.98. The van der Waals surface area contributed by atoms with E-state index in [2.05, 4.69) is 4.98 Å². The zero-order chi connectivity index (χ0) is 21.9. The molecule has 11 heteroatoms. The smallest absolute Gasteiger partial charge is 0.229 e. The zero-order valence-corrected chi connectivity index (χ0v) is 20.1. The highest BCUT2D eigenvalue weighted by Crippen LogP contribution is 2.30. The van der Waals surface area contributed by atoms with Gasteiger partial charge in [0.25, 0.3) is 0 Å². The Bertz CT molecular complexity index is 1150. The first kappa shape index (κ1) is 25.5. The van der Waals surface area contributed by atoms with Crippen LogP contribution in [0.15, 0.2) is 47.4 Å². The minimum Gasteiger partial charge on any atom is -0.308 e. The first-order chi connectivity index (χ1) is 14.2. The van der Waals surface area contributed by atoms with E-state index in [1.54, 1.807) is 6.07 Å². The molecule has 0 fully saturated rings. The fraction of sp³-hybridized carbons (Fsp3) is 0.300. The SMILES string of the molecule is CN(C)CCN(C(=O)CCS(=O)(=O)c1ccc(Cl)cc1)c1nc2ccc(F)cc2s1.Cl. The molecule has 3 rings (SSSR count). The highest BCUT2D eigenvalue weighted by Gasteiger charge is 2.23. The third-order valence-corrected chi connectivity index (χ3v) is 7.42. The molecule has 2 aromatic carbocycles. The number of carbonyl (C=O) groups is 1. The van der Waals surface area contributed by atoms with E-state index in [0.717, 1.165) is 0 Å². The van der Waals surface area contributed by atoms with Crippen LogP contribution >= 0.6 is 35.3 Å². The number of carbonyl (C=O) groups excluding carboxylic acids is 1. The maximum absolute atomic E-state index is 13.5. The predicted molar refractivity (Wildman–Crippen MR) is 126 cm³/mol. The summed E-state index contributed by atoms with van der Waals surface area (Å²) in [6.07, 6.45) is -0.192. The summed E-state index contributed by atoms with van der Waals surface area (Å²) in [7, 11) is 0.120. The number of likely N-dealkylation sites (N-methyl/N-ethyl adjacent to an activating group) is 1. The first-order valence-electron chi connectivity index (χ1n) is 9.15. The molecule has 168 valence electrons. The molecule has 0 N–H and O–H groups in total. The van der Waals surface area contributed by atoms with E-state index in [-0.39, 0.29) is 41.2 Å². The van der Waals surface area contributed by atoms with Gasteiger partial charge >= 0.3 is 0 Å². The van der Waals surface area contributed by atoms with Gasteiger partial charge in [-0.25, -0.2) is 17.8 Å². The molecule has 6 nitrogen and oxygen atoms in total. The molecule has 0 spiro atoms. The number of benzene rings is 2. The third-order valence-electron chi connectivity index (χ3n) is 4.40. The summed E-state index contributed by atoms with van der Waals surface area (Å²) in [6.45, 7) is 0.912. The van der Waals surface area contributed by atoms with E-state index < -0.39 is 9.84 Å². The number of halogens is 3. The molecule has 0 aliphatic carbocycles. The van der Waals surface area contributed by atoms with E-state index in [1.165, 1.54) is 52.6 Å². The van der Waals surface area contributed by atoms with Gasteiger partial charge in [-0.3, -0.25) is 9.69 Å². The molecule has 0 saturated heterocycles. The Morgan fingerprint density at radius 2 is 1.81 bits per heavy atom. The van der Waals surface area contributed by atoms with E-state index >= 15 is 0 Å². The Morgan fingerprint density at radius 3 is 2.45 bits per heavy atom. The number of amides is 1. The van der Waals surface area contributed by atoms with E-state index in [4.69, 9.17) is 11.6 Å². The molecule has 31 heavy (non-hydrogen) atoms. The van der Waals surface area contributed by atoms with Gasteiger partial charge < -0.3 is 4.90 Å². The van der Waals surface area contributed by atoms with E-state index in [9.17, 15) is 17.6 Å². The van der Waals surface area contributed by atoms with Crippen molar-refractivity contribution in [2.24, 2.45) is 0 Å². The fourth-order valence-electron chi connectivity index (χ4n) is 2.75. The van der Waals surface area contributed by atoms with Crippen molar-refractivity contribution in [1.29, 1.82) is 0 Å². The van der Waals surface area contributed by atoms with Crippen molar-refractivity contribution in [3.05, 3.63) is 53.3 Å². The molecule has 0 aliphatic heterocycles. The minimum absolute atomic E-state index is 0. The monoisotopic (exact) mass is 505 g/mol. The quantitative estimate of drug-likeness (QED) is 0.457. The second-order valence-corrected chi connectivity index (χ2v) is 10.5. The number of fused-ring (bicyclic) bond motifs is 1. The van der Waals surface area contributed by atoms with Crippen LogP contribution in [-0.2, 0) is 14.6 Å². The predicted octanol–water partition coefficient (Wildman–Crippen LogP) is 4.27. The van der Waals surface area contributed by atoms with Crippen LogP contribution in [0, 0.1) is 5.82 Å². The Morgan fingerprint density at radius 1 is 1.13 bits per heavy atom. The molecular formula is C20H22Cl2FN3O3S2. The third kappa shape index (κ3) is 6.60. The second kappa shape index (κ2) is 10.7. The minimum atomic E-state index is -3.63. The van der Waals surface area contributed by atoms with Crippen molar-refractivity contribution >= 4 is 66.4 Å². The summed E-state index contributed by atoms with van der Waals surface area (Å²) >= 11 is 7.02. The van der Waals surface area contributed by atoms with Crippen molar-refractivity contribution in [2.75, 3.05) is 37.8 Å². The Labute approximate surface area is 196 Å². The van der Waals surface area contributed by atoms with Gasteiger partial charge in [-0.2, -0.15) is 0 Å². The summed E-state index contributed by atoms with van der Waals surface area (Å²) in [4.78, 5) is 20.9. The number of hydrogen-bond donors (Lipinski definition) is 0. The van der Waals surface area contributed by atoms with Crippen molar-refractivity contribution in [3.8, 4) is 0 Å². The summed E-state index contributed by atoms with van der Waals surface area (Å²) in [5, 5.41) is 0.860. The lowest BCUT2D eigenvalue weighted by molar-refractivity contribution is -0.118. The lowest BCUT2D eigenvalue weighted by Crippen LogP contribution is -2.37. The van der Waals surface area contributed by atoms with Crippen LogP contribution < -0.4 is 4.90 Å². The average molecular weight is 506 g/mol. The maximum Gasteiger partial charge on any atom is 0.229 e. The van der Waals surface area contributed by atoms with Crippen LogP contribution in [0.5, 0.6) is 0 Å². The average Bonchev–Trinajstić information content (AvgIpc) is 3.09. The van der Waals surface area contributed by atoms with Crippen LogP contribution in [0.2, 0.25) is 5.02 Å². The fourth-order valence-corrected chi connectivity index (χ4v) is 5.13. The standard InChI is InChI=1S/C20H21ClFN3O3S2.ClH/c1-24(2)10-11-25(20-23-17-8-5-15(22)13-18(17)29-20)19(26)9-12-30(27,28)16-6-3-14(21)4-7-16;/h3-8,13H,9-12H2,1-2H3;1H. The van der Waals surface area contributed by atoms with Gasteiger partial charge in [-0.1, -0.05) is 22.9 Å². The van der Waals surface area contributed by atoms with Gasteiger partial charge in [0.15, 0.2) is 15.0 Å². The number of hydrogen-bond acceptors (Lipinski definition) is 6. The van der Waals surface area contributed by atoms with Crippen molar-refractivity contribution in [1.82, 2.24) is 9.88 Å². The molecule has 1 amide bonds. The summed E-state index contributed by atoms with van der Waals surface area (Å²) in [5.41, 5.74) is 0.591. The number of sulfone groups is 1. The zero-order valence-electron chi connectivity index (χ0n) is 16.9. The summed E-state index contributed by atoms with van der Waals surface area (Å²) < 4.78 is 39.3. The lowest BCUT2D eigenvalue weighted by atomic mass is 10.3. The number of anilines is 1. The molecule has 1 heterocycles.